The lowest BCUT2D eigenvalue weighted by Gasteiger charge is -2.32. The van der Waals surface area contributed by atoms with Gasteiger partial charge in [-0.2, -0.15) is 5.26 Å². The maximum Gasteiger partial charge on any atom is 0.127 e. The zero-order chi connectivity index (χ0) is 18.5. The molecule has 8 heteroatoms. The third-order valence-electron chi connectivity index (χ3n) is 3.60. The van der Waals surface area contributed by atoms with Crippen molar-refractivity contribution in [3.05, 3.63) is 84.4 Å². The van der Waals surface area contributed by atoms with E-state index < -0.39 is 0 Å². The van der Waals surface area contributed by atoms with Gasteiger partial charge in [0.05, 0.1) is 17.3 Å². The minimum absolute atomic E-state index is 0.472. The van der Waals surface area contributed by atoms with Crippen LogP contribution in [0.2, 0.25) is 0 Å². The fourth-order valence-corrected chi connectivity index (χ4v) is 2.33. The van der Waals surface area contributed by atoms with E-state index in [9.17, 15) is 0 Å². The average Bonchev–Trinajstić information content (AvgIpc) is 2.75. The van der Waals surface area contributed by atoms with Gasteiger partial charge in [0.2, 0.25) is 0 Å². The Morgan fingerprint density at radius 2 is 1.48 bits per heavy atom. The summed E-state index contributed by atoms with van der Waals surface area (Å²) in [4.78, 5) is 15.7. The standard InChI is InChI=1S/C19H14N4O4/c20-14-15-5-4-6-17(13-15)23-26-21-25-22(27-23)16-9-11-19(12-10-16)24-18-7-2-1-3-8-18/h1-13,21H. The molecule has 1 fully saturated rings. The van der Waals surface area contributed by atoms with Gasteiger partial charge in [-0.05, 0) is 60.2 Å². The Balaban J connectivity index is 1.46. The largest absolute Gasteiger partial charge is 0.457 e. The van der Waals surface area contributed by atoms with E-state index in [0.29, 0.717) is 22.7 Å². The minimum Gasteiger partial charge on any atom is -0.457 e. The summed E-state index contributed by atoms with van der Waals surface area (Å²) < 4.78 is 5.76. The van der Waals surface area contributed by atoms with Gasteiger partial charge in [-0.3, -0.25) is 0 Å². The number of anilines is 2. The molecule has 0 atom stereocenters. The van der Waals surface area contributed by atoms with Crippen LogP contribution in [0.4, 0.5) is 11.4 Å². The van der Waals surface area contributed by atoms with Crippen molar-refractivity contribution in [2.24, 2.45) is 0 Å². The zero-order valence-corrected chi connectivity index (χ0v) is 14.0. The van der Waals surface area contributed by atoms with Crippen LogP contribution in [0.25, 0.3) is 0 Å². The van der Waals surface area contributed by atoms with E-state index in [0.717, 1.165) is 16.2 Å². The van der Waals surface area contributed by atoms with E-state index in [1.165, 1.54) is 0 Å². The van der Waals surface area contributed by atoms with E-state index in [1.54, 1.807) is 48.5 Å². The molecule has 1 heterocycles. The van der Waals surface area contributed by atoms with Crippen molar-refractivity contribution in [2.45, 2.75) is 0 Å². The van der Waals surface area contributed by atoms with E-state index in [-0.39, 0.29) is 0 Å². The number of nitriles is 1. The third kappa shape index (κ3) is 3.98. The SMILES string of the molecule is N#Cc1cccc(N2ONON(c3ccc(Oc4ccccc4)cc3)O2)c1. The molecule has 27 heavy (non-hydrogen) atoms. The normalized spacial score (nSPS) is 13.9. The lowest BCUT2D eigenvalue weighted by molar-refractivity contribution is -0.354. The quantitative estimate of drug-likeness (QED) is 0.751. The van der Waals surface area contributed by atoms with E-state index in [2.05, 4.69) is 11.7 Å². The highest BCUT2D eigenvalue weighted by molar-refractivity contribution is 5.50. The monoisotopic (exact) mass is 362 g/mol. The molecular formula is C19H14N4O4. The van der Waals surface area contributed by atoms with E-state index in [1.807, 2.05) is 30.3 Å². The van der Waals surface area contributed by atoms with Crippen LogP contribution in [0.1, 0.15) is 5.56 Å². The van der Waals surface area contributed by atoms with Crippen LogP contribution in [0.15, 0.2) is 78.9 Å². The van der Waals surface area contributed by atoms with Gasteiger partial charge in [-0.1, -0.05) is 39.7 Å². The molecule has 0 aliphatic carbocycles. The van der Waals surface area contributed by atoms with Gasteiger partial charge < -0.3 is 4.74 Å². The number of rotatable bonds is 4. The first-order valence-electron chi connectivity index (χ1n) is 8.02. The Kier molecular flexibility index (Phi) is 4.82. The smallest absolute Gasteiger partial charge is 0.127 e. The topological polar surface area (TPSA) is 79.2 Å². The van der Waals surface area contributed by atoms with Crippen LogP contribution < -0.4 is 20.8 Å². The molecule has 0 saturated carbocycles. The number of nitrogens with one attached hydrogen (secondary N) is 1. The van der Waals surface area contributed by atoms with Gasteiger partial charge >= 0.3 is 0 Å². The van der Waals surface area contributed by atoms with Gasteiger partial charge in [-0.25, -0.2) is 0 Å². The lowest BCUT2D eigenvalue weighted by atomic mass is 10.2. The second-order valence-electron chi connectivity index (χ2n) is 5.43. The second kappa shape index (κ2) is 7.74. The van der Waals surface area contributed by atoms with Crippen molar-refractivity contribution in [3.63, 3.8) is 0 Å². The zero-order valence-electron chi connectivity index (χ0n) is 14.0. The molecule has 0 unspecified atom stereocenters. The molecule has 1 aliphatic rings. The number of benzene rings is 3. The predicted molar refractivity (Wildman–Crippen MR) is 95.5 cm³/mol. The van der Waals surface area contributed by atoms with Crippen molar-refractivity contribution in [3.8, 4) is 17.6 Å². The molecule has 8 nitrogen and oxygen atoms in total. The summed E-state index contributed by atoms with van der Waals surface area (Å²) in [5, 5.41) is 11.2. The summed E-state index contributed by atoms with van der Waals surface area (Å²) in [6.07, 6.45) is 0. The van der Waals surface area contributed by atoms with Gasteiger partial charge in [-0.15, -0.1) is 9.88 Å². The number of ether oxygens (including phenoxy) is 1. The fraction of sp³-hybridized carbons (Fsp3) is 0. The van der Waals surface area contributed by atoms with Crippen LogP contribution >= 0.6 is 0 Å². The van der Waals surface area contributed by atoms with Crippen LogP contribution in [0.5, 0.6) is 11.5 Å². The van der Waals surface area contributed by atoms with Crippen molar-refractivity contribution in [1.29, 1.82) is 5.26 Å². The van der Waals surface area contributed by atoms with Gasteiger partial charge in [0.15, 0.2) is 0 Å². The maximum atomic E-state index is 9.01. The highest BCUT2D eigenvalue weighted by Crippen LogP contribution is 2.27. The van der Waals surface area contributed by atoms with Gasteiger partial charge in [0, 0.05) is 0 Å². The number of hydrogen-bond donors (Lipinski definition) is 1. The minimum atomic E-state index is 0.472. The number of para-hydroxylation sites is 1. The molecule has 3 aromatic rings. The van der Waals surface area contributed by atoms with E-state index in [4.69, 9.17) is 24.8 Å². The first kappa shape index (κ1) is 16.8. The van der Waals surface area contributed by atoms with Gasteiger partial charge in [0.25, 0.3) is 0 Å². The van der Waals surface area contributed by atoms with Crippen LogP contribution in [0, 0.1) is 11.3 Å². The molecule has 0 radical (unpaired) electrons. The van der Waals surface area contributed by atoms with Crippen molar-refractivity contribution >= 4 is 11.4 Å². The molecule has 3 aromatic carbocycles. The Morgan fingerprint density at radius 1 is 0.778 bits per heavy atom. The molecule has 134 valence electrons. The highest BCUT2D eigenvalue weighted by Gasteiger charge is 2.23. The van der Waals surface area contributed by atoms with Crippen molar-refractivity contribution in [2.75, 3.05) is 10.5 Å². The average molecular weight is 362 g/mol. The van der Waals surface area contributed by atoms with Crippen molar-refractivity contribution in [1.82, 2.24) is 5.64 Å². The van der Waals surface area contributed by atoms with E-state index >= 15 is 0 Å². The summed E-state index contributed by atoms with van der Waals surface area (Å²) >= 11 is 0. The first-order chi connectivity index (χ1) is 13.3. The Bertz CT molecular complexity index is 944. The van der Waals surface area contributed by atoms with Crippen LogP contribution in [-0.2, 0) is 14.8 Å². The lowest BCUT2D eigenvalue weighted by Crippen LogP contribution is -2.48. The Labute approximate surface area is 155 Å². The summed E-state index contributed by atoms with van der Waals surface area (Å²) in [6, 6.07) is 25.4. The molecule has 0 aromatic heterocycles. The first-order valence-corrected chi connectivity index (χ1v) is 8.02. The summed E-state index contributed by atoms with van der Waals surface area (Å²) in [5.41, 5.74) is 3.86. The second-order valence-corrected chi connectivity index (χ2v) is 5.43. The number of hydrogen-bond acceptors (Lipinski definition) is 8. The molecule has 0 spiro atoms. The van der Waals surface area contributed by atoms with Gasteiger partial charge in [0.1, 0.15) is 17.2 Å². The molecule has 1 saturated heterocycles. The molecular weight excluding hydrogens is 348 g/mol. The number of nitrogens with zero attached hydrogens (tertiary/aromatic N) is 3. The van der Waals surface area contributed by atoms with Crippen molar-refractivity contribution < 1.29 is 19.6 Å². The molecule has 1 N–H and O–H groups in total. The third-order valence-corrected chi connectivity index (χ3v) is 3.60. The summed E-state index contributed by atoms with van der Waals surface area (Å²) in [5.74, 6) is 1.42. The Morgan fingerprint density at radius 3 is 2.22 bits per heavy atom. The predicted octanol–water partition coefficient (Wildman–Crippen LogP) is 3.81. The fourth-order valence-electron chi connectivity index (χ4n) is 2.33. The molecule has 0 bridgehead atoms. The molecule has 4 rings (SSSR count). The van der Waals surface area contributed by atoms with Crippen LogP contribution in [0.3, 0.4) is 0 Å². The summed E-state index contributed by atoms with van der Waals surface area (Å²) in [6.45, 7) is 0. The molecule has 0 amide bonds. The highest BCUT2D eigenvalue weighted by atomic mass is 17.3. The molecule has 1 aliphatic heterocycles. The summed E-state index contributed by atoms with van der Waals surface area (Å²) in [7, 11) is 0. The Hall–Kier alpha value is -3.61. The maximum absolute atomic E-state index is 9.01. The van der Waals surface area contributed by atoms with Crippen LogP contribution in [-0.4, -0.2) is 0 Å².